The van der Waals surface area contributed by atoms with E-state index >= 15 is 0 Å². The molecule has 3 N–H and O–H groups in total. The zero-order valence-corrected chi connectivity index (χ0v) is 14.4. The molecular weight excluding hydrogens is 328 g/mol. The van der Waals surface area contributed by atoms with Crippen LogP contribution in [0.1, 0.15) is 15.9 Å². The molecule has 0 spiro atoms. The molecule has 0 saturated carbocycles. The summed E-state index contributed by atoms with van der Waals surface area (Å²) in [6.45, 7) is 0.436. The van der Waals surface area contributed by atoms with Gasteiger partial charge in [-0.05, 0) is 29.8 Å². The van der Waals surface area contributed by atoms with E-state index in [1.54, 1.807) is 18.2 Å². The number of carbonyl (C=O) groups excluding carboxylic acids is 1. The molecule has 0 bridgehead atoms. The number of phenolic OH excluding ortho intramolecular Hbond substituents is 1. The maximum atomic E-state index is 11.7. The van der Waals surface area contributed by atoms with Crippen molar-refractivity contribution in [2.24, 2.45) is 0 Å². The van der Waals surface area contributed by atoms with Crippen LogP contribution >= 0.6 is 0 Å². The Bertz CT molecular complexity index is 895. The molecule has 26 heavy (non-hydrogen) atoms. The van der Waals surface area contributed by atoms with Gasteiger partial charge in [0.2, 0.25) is 0 Å². The quantitative estimate of drug-likeness (QED) is 0.465. The van der Waals surface area contributed by atoms with Crippen LogP contribution in [0.3, 0.4) is 0 Å². The van der Waals surface area contributed by atoms with E-state index in [1.807, 2.05) is 54.6 Å². The van der Waals surface area contributed by atoms with Crippen LogP contribution in [0, 0.1) is 0 Å². The Morgan fingerprint density at radius 1 is 1.00 bits per heavy atom. The number of para-hydroxylation sites is 2. The lowest BCUT2D eigenvalue weighted by Crippen LogP contribution is -2.20. The molecule has 0 unspecified atom stereocenters. The molecule has 0 aliphatic carbocycles. The molecule has 3 aromatic carbocycles. The van der Waals surface area contributed by atoms with Gasteiger partial charge in [0.1, 0.15) is 5.75 Å². The van der Waals surface area contributed by atoms with Crippen LogP contribution in [0.15, 0.2) is 72.8 Å². The summed E-state index contributed by atoms with van der Waals surface area (Å²) in [4.78, 5) is 11.7. The average Bonchev–Trinajstić information content (AvgIpc) is 2.69. The lowest BCUT2D eigenvalue weighted by atomic mass is 9.99. The number of hydrazine groups is 1. The first kappa shape index (κ1) is 17.5. The molecule has 5 heteroatoms. The molecule has 0 radical (unpaired) electrons. The van der Waals surface area contributed by atoms with Gasteiger partial charge in [-0.15, -0.1) is 0 Å². The summed E-state index contributed by atoms with van der Waals surface area (Å²) in [7, 11) is 1.35. The second kappa shape index (κ2) is 8.18. The van der Waals surface area contributed by atoms with Gasteiger partial charge in [0, 0.05) is 23.4 Å². The van der Waals surface area contributed by atoms with Crippen molar-refractivity contribution in [2.45, 2.75) is 6.54 Å². The third-order valence-electron chi connectivity index (χ3n) is 4.00. The maximum absolute atomic E-state index is 11.7. The summed E-state index contributed by atoms with van der Waals surface area (Å²) in [5.74, 6) is -0.229. The summed E-state index contributed by atoms with van der Waals surface area (Å²) in [6, 6.07) is 22.3. The van der Waals surface area contributed by atoms with E-state index < -0.39 is 5.97 Å². The van der Waals surface area contributed by atoms with Gasteiger partial charge in [0.25, 0.3) is 0 Å². The summed E-state index contributed by atoms with van der Waals surface area (Å²) in [5.41, 5.74) is 9.72. The Labute approximate surface area is 152 Å². The van der Waals surface area contributed by atoms with Crippen LogP contribution in [0.2, 0.25) is 0 Å². The first-order chi connectivity index (χ1) is 12.7. The highest BCUT2D eigenvalue weighted by molar-refractivity contribution is 5.91. The van der Waals surface area contributed by atoms with Gasteiger partial charge in [-0.1, -0.05) is 48.5 Å². The third-order valence-corrected chi connectivity index (χ3v) is 4.00. The van der Waals surface area contributed by atoms with E-state index in [4.69, 9.17) is 4.74 Å². The highest BCUT2D eigenvalue weighted by Gasteiger charge is 2.11. The highest BCUT2D eigenvalue weighted by atomic mass is 16.5. The van der Waals surface area contributed by atoms with Crippen LogP contribution < -0.4 is 10.9 Å². The zero-order chi connectivity index (χ0) is 18.4. The number of nitrogens with one attached hydrogen (secondary N) is 2. The van der Waals surface area contributed by atoms with Gasteiger partial charge in [-0.25, -0.2) is 10.2 Å². The monoisotopic (exact) mass is 348 g/mol. The Morgan fingerprint density at radius 2 is 1.77 bits per heavy atom. The minimum Gasteiger partial charge on any atom is -0.507 e. The zero-order valence-electron chi connectivity index (χ0n) is 14.4. The molecular formula is C21H20N2O3. The van der Waals surface area contributed by atoms with Crippen LogP contribution in [-0.2, 0) is 11.3 Å². The Balaban J connectivity index is 1.78. The number of aromatic hydroxyl groups is 1. The average molecular weight is 348 g/mol. The fourth-order valence-electron chi connectivity index (χ4n) is 2.66. The standard InChI is InChI=1S/C21H20N2O3/c1-26-21(25)16-8-5-7-15(13-16)19-12-6-9-17(20(19)24)14-22-23-18-10-3-2-4-11-18/h2-13,22-24H,14H2,1H3. The highest BCUT2D eigenvalue weighted by Crippen LogP contribution is 2.32. The van der Waals surface area contributed by atoms with Gasteiger partial charge in [0.15, 0.2) is 0 Å². The summed E-state index contributed by atoms with van der Waals surface area (Å²) in [5, 5.41) is 10.6. The SMILES string of the molecule is COC(=O)c1cccc(-c2cccc(CNNc3ccccc3)c2O)c1. The molecule has 3 aromatic rings. The molecule has 0 aliphatic rings. The molecule has 5 nitrogen and oxygen atoms in total. The minimum absolute atomic E-state index is 0.178. The van der Waals surface area contributed by atoms with Crippen LogP contribution in [0.25, 0.3) is 11.1 Å². The Kier molecular flexibility index (Phi) is 5.51. The van der Waals surface area contributed by atoms with Crippen molar-refractivity contribution in [3.63, 3.8) is 0 Å². The molecule has 0 heterocycles. The lowest BCUT2D eigenvalue weighted by molar-refractivity contribution is 0.0601. The molecule has 132 valence electrons. The Morgan fingerprint density at radius 3 is 2.54 bits per heavy atom. The molecule has 3 rings (SSSR count). The van der Waals surface area contributed by atoms with E-state index in [1.165, 1.54) is 7.11 Å². The van der Waals surface area contributed by atoms with E-state index in [0.29, 0.717) is 17.7 Å². The van der Waals surface area contributed by atoms with Crippen molar-refractivity contribution in [2.75, 3.05) is 12.5 Å². The van der Waals surface area contributed by atoms with Crippen molar-refractivity contribution < 1.29 is 14.6 Å². The van der Waals surface area contributed by atoms with E-state index in [0.717, 1.165) is 16.8 Å². The number of ether oxygens (including phenoxy) is 1. The maximum Gasteiger partial charge on any atom is 0.337 e. The summed E-state index contributed by atoms with van der Waals surface area (Å²) in [6.07, 6.45) is 0. The van der Waals surface area contributed by atoms with Crippen molar-refractivity contribution in [3.8, 4) is 16.9 Å². The van der Waals surface area contributed by atoms with Gasteiger partial charge < -0.3 is 15.3 Å². The topological polar surface area (TPSA) is 70.6 Å². The number of hydrogen-bond donors (Lipinski definition) is 3. The second-order valence-electron chi connectivity index (χ2n) is 5.73. The largest absolute Gasteiger partial charge is 0.507 e. The lowest BCUT2D eigenvalue weighted by Gasteiger charge is -2.13. The van der Waals surface area contributed by atoms with Crippen molar-refractivity contribution in [1.29, 1.82) is 0 Å². The Hall–Kier alpha value is -3.31. The number of esters is 1. The fourth-order valence-corrected chi connectivity index (χ4v) is 2.66. The number of rotatable bonds is 6. The van der Waals surface area contributed by atoms with Gasteiger partial charge in [-0.2, -0.15) is 0 Å². The first-order valence-electron chi connectivity index (χ1n) is 8.22. The number of benzene rings is 3. The van der Waals surface area contributed by atoms with Gasteiger partial charge in [0.05, 0.1) is 12.7 Å². The predicted molar refractivity (Wildman–Crippen MR) is 102 cm³/mol. The van der Waals surface area contributed by atoms with Crippen molar-refractivity contribution >= 4 is 11.7 Å². The molecule has 0 atom stereocenters. The van der Waals surface area contributed by atoms with E-state index in [-0.39, 0.29) is 5.75 Å². The molecule has 0 amide bonds. The molecule has 0 saturated heterocycles. The van der Waals surface area contributed by atoms with Crippen molar-refractivity contribution in [1.82, 2.24) is 5.43 Å². The van der Waals surface area contributed by atoms with Gasteiger partial charge >= 0.3 is 5.97 Å². The number of hydrogen-bond acceptors (Lipinski definition) is 5. The normalized spacial score (nSPS) is 10.3. The fraction of sp³-hybridized carbons (Fsp3) is 0.0952. The molecule has 0 aliphatic heterocycles. The van der Waals surface area contributed by atoms with Crippen LogP contribution in [-0.4, -0.2) is 18.2 Å². The van der Waals surface area contributed by atoms with Gasteiger partial charge in [-0.3, -0.25) is 0 Å². The second-order valence-corrected chi connectivity index (χ2v) is 5.73. The molecule has 0 fully saturated rings. The number of anilines is 1. The van der Waals surface area contributed by atoms with Crippen LogP contribution in [0.5, 0.6) is 5.75 Å². The number of carbonyl (C=O) groups is 1. The first-order valence-corrected chi connectivity index (χ1v) is 8.22. The van der Waals surface area contributed by atoms with E-state index in [9.17, 15) is 9.90 Å². The number of phenols is 1. The summed E-state index contributed by atoms with van der Waals surface area (Å²) < 4.78 is 4.76. The van der Waals surface area contributed by atoms with Crippen LogP contribution in [0.4, 0.5) is 5.69 Å². The summed E-state index contributed by atoms with van der Waals surface area (Å²) >= 11 is 0. The van der Waals surface area contributed by atoms with Crippen molar-refractivity contribution in [3.05, 3.63) is 83.9 Å². The number of methoxy groups -OCH3 is 1. The molecule has 0 aromatic heterocycles. The minimum atomic E-state index is -0.406. The van der Waals surface area contributed by atoms with E-state index in [2.05, 4.69) is 10.9 Å². The smallest absolute Gasteiger partial charge is 0.337 e. The predicted octanol–water partition coefficient (Wildman–Crippen LogP) is 3.96. The third kappa shape index (κ3) is 4.02.